The summed E-state index contributed by atoms with van der Waals surface area (Å²) in [6.07, 6.45) is 10.7. The van der Waals surface area contributed by atoms with Crippen LogP contribution in [0.4, 0.5) is 0 Å². The van der Waals surface area contributed by atoms with Crippen LogP contribution in [0.1, 0.15) is 12.8 Å². The summed E-state index contributed by atoms with van der Waals surface area (Å²) in [6.45, 7) is 1.87. The van der Waals surface area contributed by atoms with Crippen molar-refractivity contribution in [2.75, 3.05) is 13.1 Å². The van der Waals surface area contributed by atoms with Crippen LogP contribution in [0.2, 0.25) is 0 Å². The molecule has 0 aromatic rings. The van der Waals surface area contributed by atoms with Crippen LogP contribution in [-0.2, 0) is 0 Å². The summed E-state index contributed by atoms with van der Waals surface area (Å²) in [4.78, 5) is 0. The summed E-state index contributed by atoms with van der Waals surface area (Å²) in [5.41, 5.74) is 5.37. The molecule has 0 saturated carbocycles. The van der Waals surface area contributed by atoms with Gasteiger partial charge in [0.1, 0.15) is 0 Å². The van der Waals surface area contributed by atoms with Gasteiger partial charge in [0, 0.05) is 6.04 Å². The quantitative estimate of drug-likeness (QED) is 0.572. The lowest BCUT2D eigenvalue weighted by Crippen LogP contribution is -2.25. The van der Waals surface area contributed by atoms with E-state index in [9.17, 15) is 0 Å². The Labute approximate surface area is 68.2 Å². The van der Waals surface area contributed by atoms with Crippen molar-refractivity contribution in [2.24, 2.45) is 5.73 Å². The van der Waals surface area contributed by atoms with E-state index in [1.807, 2.05) is 0 Å². The molecule has 11 heavy (non-hydrogen) atoms. The van der Waals surface area contributed by atoms with E-state index >= 15 is 0 Å². The fraction of sp³-hybridized carbons (Fsp3) is 0.556. The Morgan fingerprint density at radius 1 is 1.18 bits per heavy atom. The van der Waals surface area contributed by atoms with Crippen LogP contribution >= 0.6 is 0 Å². The van der Waals surface area contributed by atoms with E-state index in [1.165, 1.54) is 6.42 Å². The normalized spacial score (nSPS) is 16.5. The van der Waals surface area contributed by atoms with Gasteiger partial charge in [-0.25, -0.2) is 0 Å². The minimum atomic E-state index is 0.466. The van der Waals surface area contributed by atoms with Gasteiger partial charge in [0.2, 0.25) is 0 Å². The first kappa shape index (κ1) is 8.50. The van der Waals surface area contributed by atoms with Crippen LogP contribution in [-0.4, -0.2) is 19.1 Å². The molecular weight excluding hydrogens is 136 g/mol. The van der Waals surface area contributed by atoms with Gasteiger partial charge < -0.3 is 11.1 Å². The summed E-state index contributed by atoms with van der Waals surface area (Å²) in [5.74, 6) is 0. The Hall–Kier alpha value is -0.600. The molecule has 0 aliphatic heterocycles. The molecule has 1 rings (SSSR count). The first-order valence-electron chi connectivity index (χ1n) is 4.22. The molecule has 1 aliphatic rings. The molecule has 0 radical (unpaired) electrons. The minimum Gasteiger partial charge on any atom is -0.330 e. The number of allylic oxidation sites excluding steroid dienone is 2. The summed E-state index contributed by atoms with van der Waals surface area (Å²) < 4.78 is 0. The predicted octanol–water partition coefficient (Wildman–Crippen LogP) is 0.810. The second kappa shape index (κ2) is 5.10. The maximum Gasteiger partial charge on any atom is 0.0441 e. The van der Waals surface area contributed by atoms with E-state index in [0.717, 1.165) is 19.5 Å². The van der Waals surface area contributed by atoms with Crippen molar-refractivity contribution < 1.29 is 0 Å². The highest BCUT2D eigenvalue weighted by atomic mass is 14.9. The maximum atomic E-state index is 5.37. The third-order valence-electron chi connectivity index (χ3n) is 1.76. The molecule has 0 spiro atoms. The third-order valence-corrected chi connectivity index (χ3v) is 1.76. The van der Waals surface area contributed by atoms with Crippen molar-refractivity contribution in [1.82, 2.24) is 5.32 Å². The Bertz CT molecular complexity index is 138. The SMILES string of the molecule is NCCCCNC1C=CC=C1. The number of nitrogens with two attached hydrogens (primary N) is 1. The molecule has 0 unspecified atom stereocenters. The summed E-state index contributed by atoms with van der Waals surface area (Å²) in [5, 5.41) is 3.39. The van der Waals surface area contributed by atoms with Crippen molar-refractivity contribution in [3.8, 4) is 0 Å². The molecule has 2 heteroatoms. The Morgan fingerprint density at radius 3 is 2.55 bits per heavy atom. The summed E-state index contributed by atoms with van der Waals surface area (Å²) >= 11 is 0. The maximum absolute atomic E-state index is 5.37. The van der Waals surface area contributed by atoms with E-state index in [0.29, 0.717) is 6.04 Å². The molecule has 62 valence electrons. The van der Waals surface area contributed by atoms with Crippen molar-refractivity contribution in [3.63, 3.8) is 0 Å². The highest BCUT2D eigenvalue weighted by Crippen LogP contribution is 1.98. The third kappa shape index (κ3) is 3.35. The minimum absolute atomic E-state index is 0.466. The number of rotatable bonds is 5. The predicted molar refractivity (Wildman–Crippen MR) is 48.4 cm³/mol. The molecule has 0 saturated heterocycles. The fourth-order valence-corrected chi connectivity index (χ4v) is 1.11. The van der Waals surface area contributed by atoms with Gasteiger partial charge in [-0.2, -0.15) is 0 Å². The van der Waals surface area contributed by atoms with Gasteiger partial charge in [0.05, 0.1) is 0 Å². The molecule has 0 fully saturated rings. The van der Waals surface area contributed by atoms with Gasteiger partial charge in [-0.15, -0.1) is 0 Å². The molecule has 1 aliphatic carbocycles. The molecule has 0 amide bonds. The lowest BCUT2D eigenvalue weighted by molar-refractivity contribution is 0.620. The van der Waals surface area contributed by atoms with Gasteiger partial charge in [0.25, 0.3) is 0 Å². The molecule has 0 aromatic carbocycles. The molecule has 0 aromatic heterocycles. The molecule has 0 heterocycles. The summed E-state index contributed by atoms with van der Waals surface area (Å²) in [7, 11) is 0. The van der Waals surface area contributed by atoms with Gasteiger partial charge in [-0.1, -0.05) is 24.3 Å². The monoisotopic (exact) mass is 152 g/mol. The zero-order valence-corrected chi connectivity index (χ0v) is 6.79. The van der Waals surface area contributed by atoms with Crippen LogP contribution < -0.4 is 11.1 Å². The molecule has 3 N–H and O–H groups in total. The van der Waals surface area contributed by atoms with E-state index < -0.39 is 0 Å². The highest BCUT2D eigenvalue weighted by molar-refractivity contribution is 5.21. The van der Waals surface area contributed by atoms with Crippen molar-refractivity contribution in [2.45, 2.75) is 18.9 Å². The average molecular weight is 152 g/mol. The first-order valence-corrected chi connectivity index (χ1v) is 4.22. The zero-order valence-electron chi connectivity index (χ0n) is 6.79. The highest BCUT2D eigenvalue weighted by Gasteiger charge is 1.99. The average Bonchev–Trinajstić information content (AvgIpc) is 2.50. The molecular formula is C9H16N2. The number of nitrogens with one attached hydrogen (secondary N) is 1. The van der Waals surface area contributed by atoms with Crippen LogP contribution in [0, 0.1) is 0 Å². The Kier molecular flexibility index (Phi) is 3.94. The fourth-order valence-electron chi connectivity index (χ4n) is 1.11. The van der Waals surface area contributed by atoms with Crippen molar-refractivity contribution in [3.05, 3.63) is 24.3 Å². The van der Waals surface area contributed by atoms with Gasteiger partial charge >= 0.3 is 0 Å². The van der Waals surface area contributed by atoms with Gasteiger partial charge in [-0.3, -0.25) is 0 Å². The van der Waals surface area contributed by atoms with Crippen molar-refractivity contribution >= 4 is 0 Å². The van der Waals surface area contributed by atoms with Crippen LogP contribution in [0.25, 0.3) is 0 Å². The standard InChI is InChI=1S/C9H16N2/c10-7-3-4-8-11-9-5-1-2-6-9/h1-2,5-6,9,11H,3-4,7-8,10H2. The summed E-state index contributed by atoms with van der Waals surface area (Å²) in [6, 6.07) is 0.466. The van der Waals surface area contributed by atoms with E-state index in [4.69, 9.17) is 5.73 Å². The molecule has 0 bridgehead atoms. The Balaban J connectivity index is 1.95. The van der Waals surface area contributed by atoms with Gasteiger partial charge in [0.15, 0.2) is 0 Å². The smallest absolute Gasteiger partial charge is 0.0441 e. The molecule has 2 nitrogen and oxygen atoms in total. The van der Waals surface area contributed by atoms with E-state index in [-0.39, 0.29) is 0 Å². The van der Waals surface area contributed by atoms with E-state index in [2.05, 4.69) is 29.6 Å². The van der Waals surface area contributed by atoms with Crippen LogP contribution in [0.5, 0.6) is 0 Å². The van der Waals surface area contributed by atoms with Crippen molar-refractivity contribution in [1.29, 1.82) is 0 Å². The van der Waals surface area contributed by atoms with E-state index in [1.54, 1.807) is 0 Å². The van der Waals surface area contributed by atoms with Crippen LogP contribution in [0.3, 0.4) is 0 Å². The number of unbranched alkanes of at least 4 members (excludes halogenated alkanes) is 1. The first-order chi connectivity index (χ1) is 5.43. The largest absolute Gasteiger partial charge is 0.330 e. The van der Waals surface area contributed by atoms with Crippen LogP contribution in [0.15, 0.2) is 24.3 Å². The second-order valence-corrected chi connectivity index (χ2v) is 2.75. The number of hydrogen-bond acceptors (Lipinski definition) is 2. The lowest BCUT2D eigenvalue weighted by Gasteiger charge is -2.06. The number of hydrogen-bond donors (Lipinski definition) is 2. The topological polar surface area (TPSA) is 38.0 Å². The van der Waals surface area contributed by atoms with Gasteiger partial charge in [-0.05, 0) is 25.9 Å². The lowest BCUT2D eigenvalue weighted by atomic mass is 10.3. The Morgan fingerprint density at radius 2 is 1.91 bits per heavy atom. The molecule has 0 atom stereocenters. The second-order valence-electron chi connectivity index (χ2n) is 2.75. The zero-order chi connectivity index (χ0) is 7.94.